The molecule has 1 saturated heterocycles. The molecule has 0 N–H and O–H groups in total. The van der Waals surface area contributed by atoms with Crippen LogP contribution in [0.25, 0.3) is 0 Å². The Hall–Kier alpha value is 0.110. The van der Waals surface area contributed by atoms with Gasteiger partial charge in [-0.25, -0.2) is 8.78 Å². The van der Waals surface area contributed by atoms with Crippen molar-refractivity contribution in [3.05, 3.63) is 0 Å². The third-order valence-electron chi connectivity index (χ3n) is 2.74. The van der Waals surface area contributed by atoms with E-state index in [4.69, 9.17) is 4.74 Å². The molecule has 2 fully saturated rings. The van der Waals surface area contributed by atoms with E-state index in [1.807, 2.05) is 0 Å². The minimum atomic E-state index is -2.44. The van der Waals surface area contributed by atoms with E-state index < -0.39 is 11.8 Å². The van der Waals surface area contributed by atoms with Crippen LogP contribution in [0.4, 0.5) is 8.78 Å². The summed E-state index contributed by atoms with van der Waals surface area (Å²) in [5.74, 6) is -2.92. The van der Waals surface area contributed by atoms with E-state index in [2.05, 4.69) is 0 Å². The third kappa shape index (κ3) is 1.57. The molecule has 2 aliphatic rings. The summed E-state index contributed by atoms with van der Waals surface area (Å²) in [4.78, 5) is 0. The first kappa shape index (κ1) is 10.2. The molecule has 0 spiro atoms. The maximum absolute atomic E-state index is 13.0. The van der Waals surface area contributed by atoms with Gasteiger partial charge < -0.3 is 4.74 Å². The van der Waals surface area contributed by atoms with Crippen molar-refractivity contribution in [2.24, 2.45) is 5.92 Å². The van der Waals surface area contributed by atoms with Gasteiger partial charge in [0.1, 0.15) is 0 Å². The molecule has 1 heterocycles. The first-order valence-corrected chi connectivity index (χ1v) is 4.19. The zero-order valence-corrected chi connectivity index (χ0v) is 7.58. The van der Waals surface area contributed by atoms with Gasteiger partial charge in [-0.2, -0.15) is 0 Å². The Morgan fingerprint density at radius 3 is 2.67 bits per heavy atom. The summed E-state index contributed by atoms with van der Waals surface area (Å²) >= 11 is 0. The molecule has 0 amide bonds. The molecule has 1 nitrogen and oxygen atoms in total. The second kappa shape index (κ2) is 3.46. The first-order chi connectivity index (χ1) is 5.20. The van der Waals surface area contributed by atoms with Gasteiger partial charge in [-0.3, -0.25) is 0 Å². The molecule has 2 atom stereocenters. The molecule has 0 unspecified atom stereocenters. The molecule has 0 radical (unpaired) electrons. The number of ether oxygens (including phenoxy) is 1. The second-order valence-electron chi connectivity index (χ2n) is 3.46. The minimum Gasteiger partial charge on any atom is -0.378 e. The van der Waals surface area contributed by atoms with E-state index in [9.17, 15) is 8.78 Å². The lowest BCUT2D eigenvalue weighted by Gasteiger charge is -2.28. The molecule has 1 aliphatic carbocycles. The van der Waals surface area contributed by atoms with Gasteiger partial charge in [-0.15, -0.1) is 12.4 Å². The molecule has 1 aliphatic heterocycles. The molecule has 0 aromatic heterocycles. The Morgan fingerprint density at radius 2 is 2.00 bits per heavy atom. The summed E-state index contributed by atoms with van der Waals surface area (Å²) in [7, 11) is 0. The molecule has 4 heteroatoms. The average molecular weight is 199 g/mol. The minimum absolute atomic E-state index is 0. The van der Waals surface area contributed by atoms with Crippen LogP contribution in [0.2, 0.25) is 0 Å². The standard InChI is InChI=1S/C8H12F2O.ClH/c9-8(10)4-3-7-6(8)2-1-5-11-7;/h6-7H,1-5H2;1H/t6-,7+;/m0./s1. The van der Waals surface area contributed by atoms with Crippen molar-refractivity contribution in [3.63, 3.8) is 0 Å². The Labute approximate surface area is 76.9 Å². The van der Waals surface area contributed by atoms with E-state index in [1.54, 1.807) is 0 Å². The van der Waals surface area contributed by atoms with Gasteiger partial charge in [-0.05, 0) is 19.3 Å². The lowest BCUT2D eigenvalue weighted by Crippen LogP contribution is -2.33. The summed E-state index contributed by atoms with van der Waals surface area (Å²) in [5.41, 5.74) is 0. The van der Waals surface area contributed by atoms with Crippen LogP contribution in [-0.2, 0) is 4.74 Å². The number of alkyl halides is 2. The van der Waals surface area contributed by atoms with Gasteiger partial charge in [0.05, 0.1) is 6.10 Å². The van der Waals surface area contributed by atoms with Crippen LogP contribution in [0.1, 0.15) is 25.7 Å². The first-order valence-electron chi connectivity index (χ1n) is 4.19. The zero-order valence-electron chi connectivity index (χ0n) is 6.76. The Bertz CT molecular complexity index is 163. The molecule has 72 valence electrons. The van der Waals surface area contributed by atoms with Crippen LogP contribution in [0.5, 0.6) is 0 Å². The summed E-state index contributed by atoms with van der Waals surface area (Å²) < 4.78 is 31.3. The van der Waals surface area contributed by atoms with Crippen molar-refractivity contribution in [1.82, 2.24) is 0 Å². The lowest BCUT2D eigenvalue weighted by atomic mass is 9.95. The maximum atomic E-state index is 13.0. The molecular formula is C8H13ClF2O. The van der Waals surface area contributed by atoms with Crippen molar-refractivity contribution >= 4 is 12.4 Å². The highest BCUT2D eigenvalue weighted by molar-refractivity contribution is 5.85. The Balaban J connectivity index is 0.000000720. The highest BCUT2D eigenvalue weighted by Gasteiger charge is 2.51. The van der Waals surface area contributed by atoms with Gasteiger partial charge >= 0.3 is 0 Å². The van der Waals surface area contributed by atoms with Crippen molar-refractivity contribution in [2.45, 2.75) is 37.7 Å². The van der Waals surface area contributed by atoms with Crippen LogP contribution in [0.3, 0.4) is 0 Å². The monoisotopic (exact) mass is 198 g/mol. The maximum Gasteiger partial charge on any atom is 0.253 e. The smallest absolute Gasteiger partial charge is 0.253 e. The van der Waals surface area contributed by atoms with E-state index in [-0.39, 0.29) is 24.9 Å². The number of hydrogen-bond acceptors (Lipinski definition) is 1. The lowest BCUT2D eigenvalue weighted by molar-refractivity contribution is -0.101. The van der Waals surface area contributed by atoms with Gasteiger partial charge in [0.25, 0.3) is 5.92 Å². The van der Waals surface area contributed by atoms with Crippen molar-refractivity contribution in [3.8, 4) is 0 Å². The fourth-order valence-corrected chi connectivity index (χ4v) is 2.13. The van der Waals surface area contributed by atoms with Crippen LogP contribution < -0.4 is 0 Å². The molecule has 0 aromatic carbocycles. The summed E-state index contributed by atoms with van der Waals surface area (Å²) in [6.07, 6.45) is 1.90. The number of hydrogen-bond donors (Lipinski definition) is 0. The van der Waals surface area contributed by atoms with E-state index in [0.717, 1.165) is 6.42 Å². The Morgan fingerprint density at radius 1 is 1.25 bits per heavy atom. The van der Waals surface area contributed by atoms with Crippen LogP contribution >= 0.6 is 12.4 Å². The van der Waals surface area contributed by atoms with Crippen molar-refractivity contribution < 1.29 is 13.5 Å². The van der Waals surface area contributed by atoms with Gasteiger partial charge in [0.15, 0.2) is 0 Å². The highest BCUT2D eigenvalue weighted by atomic mass is 35.5. The number of rotatable bonds is 0. The van der Waals surface area contributed by atoms with Crippen molar-refractivity contribution in [1.29, 1.82) is 0 Å². The second-order valence-corrected chi connectivity index (χ2v) is 3.46. The predicted octanol–water partition coefficient (Wildman–Crippen LogP) is 2.63. The van der Waals surface area contributed by atoms with Gasteiger partial charge in [0.2, 0.25) is 0 Å². The molecule has 1 saturated carbocycles. The SMILES string of the molecule is Cl.FC1(F)CC[C@H]2OCCC[C@@H]21. The molecule has 0 aromatic rings. The van der Waals surface area contributed by atoms with Gasteiger partial charge in [0, 0.05) is 18.9 Å². The topological polar surface area (TPSA) is 9.23 Å². The number of halogens is 3. The van der Waals surface area contributed by atoms with Gasteiger partial charge in [-0.1, -0.05) is 0 Å². The van der Waals surface area contributed by atoms with E-state index in [1.165, 1.54) is 0 Å². The van der Waals surface area contributed by atoms with Crippen LogP contribution in [0, 0.1) is 5.92 Å². The Kier molecular flexibility index (Phi) is 2.94. The zero-order chi connectivity index (χ0) is 7.90. The normalized spacial score (nSPS) is 38.5. The van der Waals surface area contributed by atoms with E-state index in [0.29, 0.717) is 19.4 Å². The molecule has 0 bridgehead atoms. The van der Waals surface area contributed by atoms with Crippen molar-refractivity contribution in [2.75, 3.05) is 6.61 Å². The largest absolute Gasteiger partial charge is 0.378 e. The fraction of sp³-hybridized carbons (Fsp3) is 1.00. The van der Waals surface area contributed by atoms with Crippen LogP contribution in [0.15, 0.2) is 0 Å². The third-order valence-corrected chi connectivity index (χ3v) is 2.74. The highest BCUT2D eigenvalue weighted by Crippen LogP contribution is 2.46. The molecule has 12 heavy (non-hydrogen) atoms. The quantitative estimate of drug-likeness (QED) is 0.582. The summed E-state index contributed by atoms with van der Waals surface area (Å²) in [5, 5.41) is 0. The van der Waals surface area contributed by atoms with E-state index >= 15 is 0 Å². The molecular weight excluding hydrogens is 186 g/mol. The predicted molar refractivity (Wildman–Crippen MR) is 43.9 cm³/mol. The summed E-state index contributed by atoms with van der Waals surface area (Å²) in [6.45, 7) is 0.678. The fourth-order valence-electron chi connectivity index (χ4n) is 2.13. The average Bonchev–Trinajstić information content (AvgIpc) is 2.29. The number of fused-ring (bicyclic) bond motifs is 1. The summed E-state index contributed by atoms with van der Waals surface area (Å²) in [6, 6.07) is 0. The molecule has 2 rings (SSSR count). The van der Waals surface area contributed by atoms with Crippen LogP contribution in [-0.4, -0.2) is 18.6 Å².